The molecule has 0 aliphatic heterocycles. The van der Waals surface area contributed by atoms with Crippen molar-refractivity contribution in [3.63, 3.8) is 0 Å². The summed E-state index contributed by atoms with van der Waals surface area (Å²) in [7, 11) is -3.73. The SMILES string of the molecule is O=[N+]([O-])c1ccc(S(=O)(=O)c2cc(Br)ccc2Br)cc1. The molecular weight excluding hydrogens is 414 g/mol. The van der Waals surface area contributed by atoms with Gasteiger partial charge in [-0.25, -0.2) is 8.42 Å². The molecule has 2 rings (SSSR count). The highest BCUT2D eigenvalue weighted by Gasteiger charge is 2.21. The smallest absolute Gasteiger partial charge is 0.258 e. The number of rotatable bonds is 3. The van der Waals surface area contributed by atoms with Gasteiger partial charge in [0, 0.05) is 21.1 Å². The van der Waals surface area contributed by atoms with E-state index in [2.05, 4.69) is 31.9 Å². The van der Waals surface area contributed by atoms with Crippen LogP contribution in [0.15, 0.2) is 61.2 Å². The van der Waals surface area contributed by atoms with E-state index in [9.17, 15) is 18.5 Å². The molecule has 0 bridgehead atoms. The van der Waals surface area contributed by atoms with Gasteiger partial charge in [0.05, 0.1) is 14.7 Å². The van der Waals surface area contributed by atoms with E-state index in [-0.39, 0.29) is 15.5 Å². The maximum Gasteiger partial charge on any atom is 0.269 e. The second kappa shape index (κ2) is 5.63. The van der Waals surface area contributed by atoms with E-state index in [1.807, 2.05) is 0 Å². The van der Waals surface area contributed by atoms with Gasteiger partial charge in [-0.05, 0) is 46.3 Å². The fourth-order valence-corrected chi connectivity index (χ4v) is 4.31. The third kappa shape index (κ3) is 2.92. The molecule has 2 aromatic rings. The zero-order valence-corrected chi connectivity index (χ0v) is 13.8. The summed E-state index contributed by atoms with van der Waals surface area (Å²) in [6, 6.07) is 9.57. The molecule has 8 heteroatoms. The third-order valence-electron chi connectivity index (χ3n) is 2.54. The summed E-state index contributed by atoms with van der Waals surface area (Å²) in [4.78, 5) is 10.1. The van der Waals surface area contributed by atoms with Crippen LogP contribution in [-0.4, -0.2) is 13.3 Å². The van der Waals surface area contributed by atoms with Gasteiger partial charge < -0.3 is 0 Å². The number of sulfone groups is 1. The summed E-state index contributed by atoms with van der Waals surface area (Å²) >= 11 is 6.41. The Morgan fingerprint density at radius 2 is 1.60 bits per heavy atom. The molecule has 0 N–H and O–H groups in total. The highest BCUT2D eigenvalue weighted by atomic mass is 79.9. The topological polar surface area (TPSA) is 77.3 Å². The first kappa shape index (κ1) is 15.1. The molecule has 0 atom stereocenters. The Hall–Kier alpha value is -1.25. The number of hydrogen-bond donors (Lipinski definition) is 0. The van der Waals surface area contributed by atoms with Crippen molar-refractivity contribution < 1.29 is 13.3 Å². The van der Waals surface area contributed by atoms with E-state index in [0.29, 0.717) is 8.95 Å². The molecule has 0 saturated carbocycles. The van der Waals surface area contributed by atoms with Crippen molar-refractivity contribution in [1.82, 2.24) is 0 Å². The van der Waals surface area contributed by atoms with Gasteiger partial charge in [-0.3, -0.25) is 10.1 Å². The summed E-state index contributed by atoms with van der Waals surface area (Å²) in [5, 5.41) is 10.6. The Balaban J connectivity index is 2.55. The Morgan fingerprint density at radius 3 is 2.15 bits per heavy atom. The molecule has 0 radical (unpaired) electrons. The third-order valence-corrected chi connectivity index (χ3v) is 5.80. The second-order valence-electron chi connectivity index (χ2n) is 3.83. The number of non-ortho nitro benzene ring substituents is 1. The van der Waals surface area contributed by atoms with Crippen molar-refractivity contribution in [2.75, 3.05) is 0 Å². The minimum atomic E-state index is -3.73. The zero-order chi connectivity index (χ0) is 14.9. The lowest BCUT2D eigenvalue weighted by Crippen LogP contribution is -2.03. The van der Waals surface area contributed by atoms with Crippen LogP contribution < -0.4 is 0 Å². The van der Waals surface area contributed by atoms with Crippen LogP contribution in [0.25, 0.3) is 0 Å². The summed E-state index contributed by atoms with van der Waals surface area (Å²) in [6.45, 7) is 0. The Morgan fingerprint density at radius 1 is 1.00 bits per heavy atom. The van der Waals surface area contributed by atoms with E-state index >= 15 is 0 Å². The van der Waals surface area contributed by atoms with Crippen molar-refractivity contribution in [1.29, 1.82) is 0 Å². The Kier molecular flexibility index (Phi) is 4.26. The van der Waals surface area contributed by atoms with Gasteiger partial charge in [-0.2, -0.15) is 0 Å². The van der Waals surface area contributed by atoms with Crippen LogP contribution in [0.4, 0.5) is 5.69 Å². The molecule has 0 saturated heterocycles. The molecule has 20 heavy (non-hydrogen) atoms. The van der Waals surface area contributed by atoms with Crippen LogP contribution in [0.3, 0.4) is 0 Å². The van der Waals surface area contributed by atoms with Gasteiger partial charge in [0.2, 0.25) is 9.84 Å². The van der Waals surface area contributed by atoms with Crippen molar-refractivity contribution >= 4 is 47.4 Å². The lowest BCUT2D eigenvalue weighted by molar-refractivity contribution is -0.384. The normalized spacial score (nSPS) is 11.3. The zero-order valence-electron chi connectivity index (χ0n) is 9.79. The average Bonchev–Trinajstić information content (AvgIpc) is 2.41. The van der Waals surface area contributed by atoms with Crippen LogP contribution in [0.1, 0.15) is 0 Å². The first-order valence-electron chi connectivity index (χ1n) is 5.27. The number of nitrogens with zero attached hydrogens (tertiary/aromatic N) is 1. The first-order chi connectivity index (χ1) is 9.32. The average molecular weight is 421 g/mol. The van der Waals surface area contributed by atoms with Crippen LogP contribution >= 0.6 is 31.9 Å². The van der Waals surface area contributed by atoms with Crippen LogP contribution in [0.5, 0.6) is 0 Å². The molecule has 0 heterocycles. The molecule has 2 aromatic carbocycles. The maximum absolute atomic E-state index is 12.5. The standard InChI is InChI=1S/C12H7Br2NO4S/c13-8-1-6-11(14)12(7-8)20(18,19)10-4-2-9(3-5-10)15(16)17/h1-7H. The molecule has 104 valence electrons. The fraction of sp³-hybridized carbons (Fsp3) is 0. The quantitative estimate of drug-likeness (QED) is 0.556. The summed E-state index contributed by atoms with van der Waals surface area (Å²) < 4.78 is 26.0. The Bertz CT molecular complexity index is 773. The van der Waals surface area contributed by atoms with Crippen molar-refractivity contribution in [3.05, 3.63) is 61.5 Å². The van der Waals surface area contributed by atoms with Gasteiger partial charge in [0.1, 0.15) is 0 Å². The molecule has 0 fully saturated rings. The van der Waals surface area contributed by atoms with Gasteiger partial charge in [-0.1, -0.05) is 15.9 Å². The van der Waals surface area contributed by atoms with E-state index in [1.54, 1.807) is 12.1 Å². The highest BCUT2D eigenvalue weighted by Crippen LogP contribution is 2.31. The minimum Gasteiger partial charge on any atom is -0.258 e. The second-order valence-corrected chi connectivity index (χ2v) is 7.52. The van der Waals surface area contributed by atoms with E-state index in [0.717, 1.165) is 0 Å². The predicted octanol–water partition coefficient (Wildman–Crippen LogP) is 3.95. The summed E-state index contributed by atoms with van der Waals surface area (Å²) in [5.41, 5.74) is -0.155. The van der Waals surface area contributed by atoms with Crippen molar-refractivity contribution in [3.8, 4) is 0 Å². The Labute approximate surface area is 132 Å². The molecule has 5 nitrogen and oxygen atoms in total. The maximum atomic E-state index is 12.5. The number of nitro benzene ring substituents is 1. The predicted molar refractivity (Wildman–Crippen MR) is 80.4 cm³/mol. The van der Waals surface area contributed by atoms with Gasteiger partial charge >= 0.3 is 0 Å². The fourth-order valence-electron chi connectivity index (χ4n) is 1.56. The van der Waals surface area contributed by atoms with Gasteiger partial charge in [0.25, 0.3) is 5.69 Å². The largest absolute Gasteiger partial charge is 0.269 e. The molecule has 0 aromatic heterocycles. The number of nitro groups is 1. The van der Waals surface area contributed by atoms with Crippen LogP contribution in [0.2, 0.25) is 0 Å². The summed E-state index contributed by atoms with van der Waals surface area (Å²) in [5.74, 6) is 0. The van der Waals surface area contributed by atoms with Gasteiger partial charge in [-0.15, -0.1) is 0 Å². The van der Waals surface area contributed by atoms with Crippen molar-refractivity contribution in [2.24, 2.45) is 0 Å². The van der Waals surface area contributed by atoms with Crippen molar-refractivity contribution in [2.45, 2.75) is 9.79 Å². The lowest BCUT2D eigenvalue weighted by Gasteiger charge is -2.07. The molecule has 0 aliphatic rings. The van der Waals surface area contributed by atoms with Gasteiger partial charge in [0.15, 0.2) is 0 Å². The van der Waals surface area contributed by atoms with E-state index in [4.69, 9.17) is 0 Å². The highest BCUT2D eigenvalue weighted by molar-refractivity contribution is 9.11. The number of hydrogen-bond acceptors (Lipinski definition) is 4. The molecule has 0 spiro atoms. The van der Waals surface area contributed by atoms with Crippen LogP contribution in [0, 0.1) is 10.1 Å². The van der Waals surface area contributed by atoms with E-state index < -0.39 is 14.8 Å². The first-order valence-corrected chi connectivity index (χ1v) is 8.34. The number of halogens is 2. The van der Waals surface area contributed by atoms with E-state index in [1.165, 1.54) is 30.3 Å². The monoisotopic (exact) mass is 419 g/mol. The lowest BCUT2D eigenvalue weighted by atomic mass is 10.3. The minimum absolute atomic E-state index is 0.00176. The molecule has 0 unspecified atom stereocenters. The molecule has 0 aliphatic carbocycles. The molecular formula is C12H7Br2NO4S. The summed E-state index contributed by atoms with van der Waals surface area (Å²) in [6.07, 6.45) is 0. The van der Waals surface area contributed by atoms with Crippen LogP contribution in [-0.2, 0) is 9.84 Å². The number of benzene rings is 2. The molecule has 0 amide bonds.